The maximum absolute atomic E-state index is 12.5. The van der Waals surface area contributed by atoms with Gasteiger partial charge in [0.05, 0.1) is 12.2 Å². The summed E-state index contributed by atoms with van der Waals surface area (Å²) in [5.74, 6) is -1.80. The van der Waals surface area contributed by atoms with E-state index in [0.29, 0.717) is 11.1 Å². The van der Waals surface area contributed by atoms with Crippen molar-refractivity contribution < 1.29 is 24.2 Å². The normalized spacial score (nSPS) is 10.8. The monoisotopic (exact) mass is 331 g/mol. The summed E-state index contributed by atoms with van der Waals surface area (Å²) in [7, 11) is 0. The van der Waals surface area contributed by atoms with Gasteiger partial charge in [0.15, 0.2) is 0 Å². The molecule has 1 rings (SSSR count). The van der Waals surface area contributed by atoms with Crippen LogP contribution in [0.3, 0.4) is 0 Å². The molecule has 0 radical (unpaired) electrons. The number of esters is 1. The number of carbonyl (C=O) groups is 3. The average Bonchev–Trinajstić information content (AvgIpc) is 2.54. The number of carboxylic acids is 1. The molecule has 6 nitrogen and oxygen atoms in total. The smallest absolute Gasteiger partial charge is 0.335 e. The summed E-state index contributed by atoms with van der Waals surface area (Å²) < 4.78 is 4.86. The summed E-state index contributed by atoms with van der Waals surface area (Å²) in [6.45, 7) is 7.24. The van der Waals surface area contributed by atoms with Gasteiger partial charge in [0.2, 0.25) is 5.91 Å². The van der Waals surface area contributed by atoms with Crippen molar-refractivity contribution in [1.82, 2.24) is 4.90 Å². The van der Waals surface area contributed by atoms with Crippen molar-refractivity contribution in [2.45, 2.75) is 13.8 Å². The van der Waals surface area contributed by atoms with Crippen LogP contribution in [0.25, 0.3) is 6.08 Å². The first-order chi connectivity index (χ1) is 11.4. The molecule has 6 heteroatoms. The van der Waals surface area contributed by atoms with Crippen LogP contribution in [0.5, 0.6) is 0 Å². The molecular weight excluding hydrogens is 310 g/mol. The molecule has 0 aliphatic carbocycles. The Morgan fingerprint density at radius 3 is 2.38 bits per heavy atom. The molecule has 128 valence electrons. The van der Waals surface area contributed by atoms with Gasteiger partial charge in [-0.05, 0) is 37.6 Å². The summed E-state index contributed by atoms with van der Waals surface area (Å²) in [6.07, 6.45) is 3.17. The van der Waals surface area contributed by atoms with Crippen LogP contribution >= 0.6 is 0 Å². The summed E-state index contributed by atoms with van der Waals surface area (Å²) in [5, 5.41) is 8.88. The molecule has 0 heterocycles. The lowest BCUT2D eigenvalue weighted by atomic mass is 10.1. The predicted octanol–water partition coefficient (Wildman–Crippen LogP) is 2.37. The Bertz CT molecular complexity index is 646. The second kappa shape index (κ2) is 9.29. The van der Waals surface area contributed by atoms with Gasteiger partial charge in [-0.2, -0.15) is 0 Å². The zero-order chi connectivity index (χ0) is 18.1. The highest BCUT2D eigenvalue weighted by Gasteiger charge is 2.18. The van der Waals surface area contributed by atoms with Gasteiger partial charge in [-0.15, -0.1) is 6.58 Å². The molecule has 0 saturated carbocycles. The fourth-order valence-electron chi connectivity index (χ4n) is 2.02. The first kappa shape index (κ1) is 19.2. The molecular formula is C18H21NO5. The van der Waals surface area contributed by atoms with Gasteiger partial charge in [0, 0.05) is 12.1 Å². The Morgan fingerprint density at radius 2 is 1.88 bits per heavy atom. The molecule has 1 N–H and O–H groups in total. The number of hydrogen-bond acceptors (Lipinski definition) is 4. The molecule has 1 aromatic carbocycles. The standard InChI is InChI=1S/C18H21NO5/c1-4-10-19(12-16(20)24-5-2)17(21)13(3)11-14-6-8-15(9-7-14)18(22)23/h4,6-9,11H,1,5,10,12H2,2-3H3,(H,22,23). The first-order valence-corrected chi connectivity index (χ1v) is 7.46. The van der Waals surface area contributed by atoms with Crippen molar-refractivity contribution in [3.05, 3.63) is 53.6 Å². The fraction of sp³-hybridized carbons (Fsp3) is 0.278. The van der Waals surface area contributed by atoms with Crippen LogP contribution in [0.15, 0.2) is 42.5 Å². The number of aromatic carboxylic acids is 1. The van der Waals surface area contributed by atoms with E-state index in [9.17, 15) is 14.4 Å². The highest BCUT2D eigenvalue weighted by molar-refractivity contribution is 5.98. The first-order valence-electron chi connectivity index (χ1n) is 7.46. The van der Waals surface area contributed by atoms with Crippen molar-refractivity contribution in [3.63, 3.8) is 0 Å². The Morgan fingerprint density at radius 1 is 1.25 bits per heavy atom. The van der Waals surface area contributed by atoms with E-state index in [0.717, 1.165) is 0 Å². The molecule has 0 aromatic heterocycles. The van der Waals surface area contributed by atoms with Gasteiger partial charge in [0.25, 0.3) is 0 Å². The number of rotatable bonds is 8. The topological polar surface area (TPSA) is 83.9 Å². The second-order valence-electron chi connectivity index (χ2n) is 5.03. The Balaban J connectivity index is 2.89. The van der Waals surface area contributed by atoms with Crippen LogP contribution in [0.1, 0.15) is 29.8 Å². The number of carbonyl (C=O) groups excluding carboxylic acids is 2. The van der Waals surface area contributed by atoms with Gasteiger partial charge in [-0.1, -0.05) is 18.2 Å². The fourth-order valence-corrected chi connectivity index (χ4v) is 2.02. The van der Waals surface area contributed by atoms with Crippen molar-refractivity contribution in [2.24, 2.45) is 0 Å². The van der Waals surface area contributed by atoms with Crippen molar-refractivity contribution in [3.8, 4) is 0 Å². The molecule has 0 bridgehead atoms. The summed E-state index contributed by atoms with van der Waals surface area (Å²) in [6, 6.07) is 6.16. The zero-order valence-electron chi connectivity index (χ0n) is 13.8. The quantitative estimate of drug-likeness (QED) is 0.449. The average molecular weight is 331 g/mol. The van der Waals surface area contributed by atoms with Crippen LogP contribution in [0.2, 0.25) is 0 Å². The van der Waals surface area contributed by atoms with E-state index < -0.39 is 11.9 Å². The number of nitrogens with zero attached hydrogens (tertiary/aromatic N) is 1. The maximum atomic E-state index is 12.5. The van der Waals surface area contributed by atoms with Crippen LogP contribution in [-0.4, -0.2) is 47.5 Å². The lowest BCUT2D eigenvalue weighted by Crippen LogP contribution is -2.37. The van der Waals surface area contributed by atoms with E-state index in [1.165, 1.54) is 23.1 Å². The maximum Gasteiger partial charge on any atom is 0.335 e. The highest BCUT2D eigenvalue weighted by atomic mass is 16.5. The summed E-state index contributed by atoms with van der Waals surface area (Å²) >= 11 is 0. The molecule has 0 saturated heterocycles. The SMILES string of the molecule is C=CCN(CC(=O)OCC)C(=O)C(C)=Cc1ccc(C(=O)O)cc1. The highest BCUT2D eigenvalue weighted by Crippen LogP contribution is 2.11. The molecule has 0 fully saturated rings. The number of hydrogen-bond donors (Lipinski definition) is 1. The summed E-state index contributed by atoms with van der Waals surface area (Å²) in [5.41, 5.74) is 1.29. The van der Waals surface area contributed by atoms with E-state index >= 15 is 0 Å². The van der Waals surface area contributed by atoms with Crippen molar-refractivity contribution in [1.29, 1.82) is 0 Å². The van der Waals surface area contributed by atoms with Crippen molar-refractivity contribution >= 4 is 23.9 Å². The van der Waals surface area contributed by atoms with E-state index in [1.807, 2.05) is 0 Å². The Labute approximate surface area is 141 Å². The van der Waals surface area contributed by atoms with E-state index in [4.69, 9.17) is 9.84 Å². The molecule has 24 heavy (non-hydrogen) atoms. The third-order valence-corrected chi connectivity index (χ3v) is 3.14. The lowest BCUT2D eigenvalue weighted by molar-refractivity contribution is -0.147. The van der Waals surface area contributed by atoms with Gasteiger partial charge in [0.1, 0.15) is 6.54 Å². The second-order valence-corrected chi connectivity index (χ2v) is 5.03. The minimum Gasteiger partial charge on any atom is -0.478 e. The van der Waals surface area contributed by atoms with Gasteiger partial charge >= 0.3 is 11.9 Å². The molecule has 0 unspecified atom stereocenters. The van der Waals surface area contributed by atoms with E-state index in [1.54, 1.807) is 32.1 Å². The molecule has 0 atom stereocenters. The van der Waals surface area contributed by atoms with Gasteiger partial charge < -0.3 is 14.7 Å². The molecule has 0 aliphatic heterocycles. The largest absolute Gasteiger partial charge is 0.478 e. The number of ether oxygens (including phenoxy) is 1. The van der Waals surface area contributed by atoms with Crippen LogP contribution in [0.4, 0.5) is 0 Å². The van der Waals surface area contributed by atoms with Crippen LogP contribution in [0, 0.1) is 0 Å². The van der Waals surface area contributed by atoms with Crippen LogP contribution in [-0.2, 0) is 14.3 Å². The molecule has 1 aromatic rings. The lowest BCUT2D eigenvalue weighted by Gasteiger charge is -2.20. The Hall–Kier alpha value is -2.89. The third-order valence-electron chi connectivity index (χ3n) is 3.14. The number of amides is 1. The van der Waals surface area contributed by atoms with E-state index in [-0.39, 0.29) is 31.2 Å². The number of carboxylic acid groups (broad SMARTS) is 1. The molecule has 0 spiro atoms. The number of benzene rings is 1. The van der Waals surface area contributed by atoms with Gasteiger partial charge in [-0.25, -0.2) is 4.79 Å². The minimum absolute atomic E-state index is 0.151. The third kappa shape index (κ3) is 5.72. The Kier molecular flexibility index (Phi) is 7.42. The molecule has 1 amide bonds. The zero-order valence-corrected chi connectivity index (χ0v) is 13.8. The van der Waals surface area contributed by atoms with E-state index in [2.05, 4.69) is 6.58 Å². The summed E-state index contributed by atoms with van der Waals surface area (Å²) in [4.78, 5) is 36.2. The van der Waals surface area contributed by atoms with Crippen molar-refractivity contribution in [2.75, 3.05) is 19.7 Å². The molecule has 0 aliphatic rings. The minimum atomic E-state index is -1.01. The van der Waals surface area contributed by atoms with Gasteiger partial charge in [-0.3, -0.25) is 9.59 Å². The van der Waals surface area contributed by atoms with Crippen LogP contribution < -0.4 is 0 Å². The predicted molar refractivity (Wildman–Crippen MR) is 90.5 cm³/mol.